The van der Waals surface area contributed by atoms with Crippen LogP contribution in [-0.4, -0.2) is 56.7 Å². The zero-order valence-electron chi connectivity index (χ0n) is 16.1. The zero-order valence-corrected chi connectivity index (χ0v) is 16.1. The summed E-state index contributed by atoms with van der Waals surface area (Å²) in [5.74, 6) is 1.83. The van der Waals surface area contributed by atoms with Crippen LogP contribution in [0.25, 0.3) is 0 Å². The first-order chi connectivity index (χ1) is 12.8. The van der Waals surface area contributed by atoms with Crippen molar-refractivity contribution >= 4 is 5.96 Å². The SMILES string of the molecule is CN=C(NCCOCc1ccccc1)NC1CCN(CC2CCCC2)C1. The lowest BCUT2D eigenvalue weighted by Crippen LogP contribution is -2.45. The summed E-state index contributed by atoms with van der Waals surface area (Å²) in [6.07, 6.45) is 6.94. The molecule has 2 aliphatic rings. The summed E-state index contributed by atoms with van der Waals surface area (Å²) in [6.45, 7) is 5.75. The van der Waals surface area contributed by atoms with Gasteiger partial charge in [0.05, 0.1) is 13.2 Å². The van der Waals surface area contributed by atoms with Crippen LogP contribution in [0.15, 0.2) is 35.3 Å². The van der Waals surface area contributed by atoms with Crippen molar-refractivity contribution in [3.63, 3.8) is 0 Å². The lowest BCUT2D eigenvalue weighted by Gasteiger charge is -2.21. The fourth-order valence-corrected chi connectivity index (χ4v) is 4.07. The summed E-state index contributed by atoms with van der Waals surface area (Å²) in [4.78, 5) is 6.98. The second-order valence-electron chi connectivity index (χ2n) is 7.58. The lowest BCUT2D eigenvalue weighted by molar-refractivity contribution is 0.125. The summed E-state index contributed by atoms with van der Waals surface area (Å²) in [6, 6.07) is 10.8. The van der Waals surface area contributed by atoms with Gasteiger partial charge in [-0.25, -0.2) is 0 Å². The van der Waals surface area contributed by atoms with E-state index in [-0.39, 0.29) is 0 Å². The Kier molecular flexibility index (Phi) is 7.77. The van der Waals surface area contributed by atoms with Gasteiger partial charge in [-0.1, -0.05) is 43.2 Å². The van der Waals surface area contributed by atoms with Crippen molar-refractivity contribution in [2.24, 2.45) is 10.9 Å². The van der Waals surface area contributed by atoms with Crippen LogP contribution >= 0.6 is 0 Å². The molecule has 1 saturated heterocycles. The van der Waals surface area contributed by atoms with Crippen LogP contribution in [0.3, 0.4) is 0 Å². The number of rotatable bonds is 8. The first-order valence-electron chi connectivity index (χ1n) is 10.1. The number of likely N-dealkylation sites (tertiary alicyclic amines) is 1. The number of nitrogens with zero attached hydrogens (tertiary/aromatic N) is 2. The largest absolute Gasteiger partial charge is 0.375 e. The Morgan fingerprint density at radius 2 is 2.00 bits per heavy atom. The van der Waals surface area contributed by atoms with Gasteiger partial charge in [0.25, 0.3) is 0 Å². The Labute approximate surface area is 158 Å². The molecule has 0 radical (unpaired) electrons. The highest BCUT2D eigenvalue weighted by atomic mass is 16.5. The van der Waals surface area contributed by atoms with Crippen LogP contribution in [0.4, 0.5) is 0 Å². The molecule has 3 rings (SSSR count). The quantitative estimate of drug-likeness (QED) is 0.426. The summed E-state index contributed by atoms with van der Waals surface area (Å²) in [7, 11) is 1.84. The van der Waals surface area contributed by atoms with Gasteiger partial charge < -0.3 is 20.3 Å². The fraction of sp³-hybridized carbons (Fsp3) is 0.667. The number of benzene rings is 1. The van der Waals surface area contributed by atoms with Crippen molar-refractivity contribution < 1.29 is 4.74 Å². The Morgan fingerprint density at radius 1 is 1.19 bits per heavy atom. The summed E-state index contributed by atoms with van der Waals surface area (Å²) >= 11 is 0. The third-order valence-corrected chi connectivity index (χ3v) is 5.48. The van der Waals surface area contributed by atoms with Gasteiger partial charge in [-0.3, -0.25) is 4.99 Å². The van der Waals surface area contributed by atoms with Gasteiger partial charge in [-0.15, -0.1) is 0 Å². The first-order valence-corrected chi connectivity index (χ1v) is 10.1. The van der Waals surface area contributed by atoms with Gasteiger partial charge in [-0.05, 0) is 30.7 Å². The molecule has 1 aliphatic heterocycles. The second kappa shape index (κ2) is 10.5. The first kappa shape index (κ1) is 19.2. The topological polar surface area (TPSA) is 48.9 Å². The van der Waals surface area contributed by atoms with Gasteiger partial charge in [-0.2, -0.15) is 0 Å². The van der Waals surface area contributed by atoms with Gasteiger partial charge in [0.15, 0.2) is 5.96 Å². The monoisotopic (exact) mass is 358 g/mol. The van der Waals surface area contributed by atoms with Crippen molar-refractivity contribution in [3.05, 3.63) is 35.9 Å². The van der Waals surface area contributed by atoms with E-state index in [2.05, 4.69) is 32.7 Å². The molecule has 5 nitrogen and oxygen atoms in total. The molecule has 1 heterocycles. The molecule has 26 heavy (non-hydrogen) atoms. The minimum Gasteiger partial charge on any atom is -0.375 e. The molecule has 1 saturated carbocycles. The minimum atomic E-state index is 0.507. The summed E-state index contributed by atoms with van der Waals surface area (Å²) < 4.78 is 5.72. The maximum atomic E-state index is 5.72. The molecular weight excluding hydrogens is 324 g/mol. The molecule has 1 aliphatic carbocycles. The van der Waals surface area contributed by atoms with Crippen molar-refractivity contribution in [1.29, 1.82) is 0 Å². The predicted molar refractivity (Wildman–Crippen MR) is 107 cm³/mol. The smallest absolute Gasteiger partial charge is 0.191 e. The van der Waals surface area contributed by atoms with Crippen molar-refractivity contribution in [3.8, 4) is 0 Å². The number of ether oxygens (including phenoxy) is 1. The Morgan fingerprint density at radius 3 is 2.77 bits per heavy atom. The highest BCUT2D eigenvalue weighted by Crippen LogP contribution is 2.26. The van der Waals surface area contributed by atoms with E-state index in [1.807, 2.05) is 25.2 Å². The number of nitrogens with one attached hydrogen (secondary N) is 2. The Hall–Kier alpha value is -1.59. The zero-order chi connectivity index (χ0) is 18.0. The minimum absolute atomic E-state index is 0.507. The van der Waals surface area contributed by atoms with Crippen LogP contribution < -0.4 is 10.6 Å². The summed E-state index contributed by atoms with van der Waals surface area (Å²) in [5.41, 5.74) is 1.21. The molecule has 1 atom stereocenters. The highest BCUT2D eigenvalue weighted by Gasteiger charge is 2.26. The molecule has 2 fully saturated rings. The van der Waals surface area contributed by atoms with E-state index >= 15 is 0 Å². The standard InChI is InChI=1S/C21H34N4O/c1-22-21(23-12-14-26-17-19-9-3-2-4-10-19)24-20-11-13-25(16-20)15-18-7-5-6-8-18/h2-4,9-10,18,20H,5-8,11-17H2,1H3,(H2,22,23,24). The number of hydrogen-bond donors (Lipinski definition) is 2. The van der Waals surface area contributed by atoms with Crippen molar-refractivity contribution in [2.45, 2.75) is 44.8 Å². The molecule has 144 valence electrons. The maximum absolute atomic E-state index is 5.72. The molecule has 0 spiro atoms. The van der Waals surface area contributed by atoms with Gasteiger partial charge in [0.1, 0.15) is 0 Å². The van der Waals surface area contributed by atoms with Crippen LogP contribution in [0.1, 0.15) is 37.7 Å². The molecule has 1 aromatic rings. The molecular formula is C21H34N4O. The Balaban J connectivity index is 1.28. The van der Waals surface area contributed by atoms with Crippen molar-refractivity contribution in [2.75, 3.05) is 39.8 Å². The normalized spacial score (nSPS) is 22.0. The lowest BCUT2D eigenvalue weighted by atomic mass is 10.1. The summed E-state index contributed by atoms with van der Waals surface area (Å²) in [5, 5.41) is 6.94. The van der Waals surface area contributed by atoms with Crippen molar-refractivity contribution in [1.82, 2.24) is 15.5 Å². The van der Waals surface area contributed by atoms with E-state index in [0.717, 1.165) is 25.0 Å². The van der Waals surface area contributed by atoms with Crippen LogP contribution in [0.2, 0.25) is 0 Å². The molecule has 1 aromatic carbocycles. The van der Waals surface area contributed by atoms with E-state index < -0.39 is 0 Å². The van der Waals surface area contributed by atoms with Gasteiger partial charge in [0, 0.05) is 39.3 Å². The molecule has 5 heteroatoms. The van der Waals surface area contributed by atoms with E-state index in [9.17, 15) is 0 Å². The number of hydrogen-bond acceptors (Lipinski definition) is 3. The second-order valence-corrected chi connectivity index (χ2v) is 7.58. The predicted octanol–water partition coefficient (Wildman–Crippen LogP) is 2.63. The molecule has 0 aromatic heterocycles. The highest BCUT2D eigenvalue weighted by molar-refractivity contribution is 5.80. The van der Waals surface area contributed by atoms with E-state index in [1.54, 1.807) is 0 Å². The molecule has 0 amide bonds. The average molecular weight is 359 g/mol. The van der Waals surface area contributed by atoms with Gasteiger partial charge in [0.2, 0.25) is 0 Å². The van der Waals surface area contributed by atoms with E-state index in [4.69, 9.17) is 4.74 Å². The Bertz CT molecular complexity index is 542. The molecule has 1 unspecified atom stereocenters. The van der Waals surface area contributed by atoms with Gasteiger partial charge >= 0.3 is 0 Å². The van der Waals surface area contributed by atoms with Crippen LogP contribution in [-0.2, 0) is 11.3 Å². The van der Waals surface area contributed by atoms with E-state index in [1.165, 1.54) is 50.8 Å². The number of guanidine groups is 1. The third-order valence-electron chi connectivity index (χ3n) is 5.48. The average Bonchev–Trinajstić information content (AvgIpc) is 3.34. The molecule has 0 bridgehead atoms. The number of aliphatic imine (C=N–C) groups is 1. The fourth-order valence-electron chi connectivity index (χ4n) is 4.07. The molecule has 2 N–H and O–H groups in total. The maximum Gasteiger partial charge on any atom is 0.191 e. The van der Waals surface area contributed by atoms with Crippen LogP contribution in [0.5, 0.6) is 0 Å². The van der Waals surface area contributed by atoms with E-state index in [0.29, 0.717) is 19.3 Å². The van der Waals surface area contributed by atoms with Crippen LogP contribution in [0, 0.1) is 5.92 Å². The third kappa shape index (κ3) is 6.29.